The van der Waals surface area contributed by atoms with Crippen molar-refractivity contribution in [2.45, 2.75) is 45.3 Å². The molecule has 0 unspecified atom stereocenters. The van der Waals surface area contributed by atoms with E-state index in [1.165, 1.54) is 0 Å². The summed E-state index contributed by atoms with van der Waals surface area (Å²) in [5.41, 5.74) is 1.40. The summed E-state index contributed by atoms with van der Waals surface area (Å²) >= 11 is 5.97. The number of imidazole rings is 1. The second-order valence-electron chi connectivity index (χ2n) is 7.29. The van der Waals surface area contributed by atoms with E-state index in [-0.39, 0.29) is 12.1 Å². The molecule has 1 aliphatic heterocycles. The number of aromatic amines is 1. The molecule has 1 aromatic heterocycles. The van der Waals surface area contributed by atoms with E-state index in [1.807, 2.05) is 20.8 Å². The van der Waals surface area contributed by atoms with Gasteiger partial charge in [0.1, 0.15) is 11.4 Å². The van der Waals surface area contributed by atoms with E-state index >= 15 is 0 Å². The number of nitrogens with one attached hydrogen (secondary N) is 1. The second-order valence-corrected chi connectivity index (χ2v) is 7.72. The Bertz CT molecular complexity index is 863. The number of hydrogen-bond acceptors (Lipinski definition) is 3. The lowest BCUT2D eigenvalue weighted by molar-refractivity contribution is 0.0219. The first-order valence-electron chi connectivity index (χ1n) is 8.50. The molecule has 1 amide bonds. The topological polar surface area (TPSA) is 62.6 Å². The highest BCUT2D eigenvalue weighted by Gasteiger charge is 2.34. The molecule has 1 aliphatic rings. The summed E-state index contributed by atoms with van der Waals surface area (Å²) in [4.78, 5) is 25.4. The van der Waals surface area contributed by atoms with Gasteiger partial charge in [0.05, 0.1) is 24.5 Å². The van der Waals surface area contributed by atoms with Crippen LogP contribution in [0.1, 0.15) is 45.5 Å². The maximum atomic E-state index is 12.5. The molecule has 3 rings (SSSR count). The van der Waals surface area contributed by atoms with Crippen molar-refractivity contribution in [3.05, 3.63) is 46.7 Å². The minimum absolute atomic E-state index is 0.151. The zero-order valence-electron chi connectivity index (χ0n) is 15.0. The van der Waals surface area contributed by atoms with Crippen LogP contribution in [-0.2, 0) is 4.74 Å². The van der Waals surface area contributed by atoms with Gasteiger partial charge >= 0.3 is 6.09 Å². The highest BCUT2D eigenvalue weighted by Crippen LogP contribution is 2.35. The molecule has 1 N–H and O–H groups in total. The van der Waals surface area contributed by atoms with Crippen molar-refractivity contribution in [3.63, 3.8) is 0 Å². The summed E-state index contributed by atoms with van der Waals surface area (Å²) in [5, 5.41) is 0.520. The van der Waals surface area contributed by atoms with Crippen LogP contribution >= 0.6 is 11.6 Å². The number of ether oxygens (including phenoxy) is 1. The van der Waals surface area contributed by atoms with Crippen molar-refractivity contribution in [2.75, 3.05) is 6.54 Å². The van der Waals surface area contributed by atoms with Gasteiger partial charge in [0.25, 0.3) is 0 Å². The zero-order valence-corrected chi connectivity index (χ0v) is 15.8. The third-order valence-electron chi connectivity index (χ3n) is 4.16. The molecule has 0 saturated carbocycles. The van der Waals surface area contributed by atoms with Gasteiger partial charge in [-0.05, 0) is 45.7 Å². The number of amides is 1. The Balaban J connectivity index is 1.86. The normalized spacial score (nSPS) is 17.2. The van der Waals surface area contributed by atoms with E-state index in [1.54, 1.807) is 29.3 Å². The fourth-order valence-corrected chi connectivity index (χ4v) is 3.22. The lowest BCUT2D eigenvalue weighted by atomic mass is 10.1. The molecule has 1 fully saturated rings. The van der Waals surface area contributed by atoms with Crippen LogP contribution in [0.4, 0.5) is 10.5 Å². The van der Waals surface area contributed by atoms with E-state index < -0.39 is 5.60 Å². The molecular formula is C19H21ClN4O2. The van der Waals surface area contributed by atoms with Gasteiger partial charge in [-0.25, -0.2) is 14.6 Å². The van der Waals surface area contributed by atoms with Crippen molar-refractivity contribution in [1.82, 2.24) is 14.9 Å². The summed E-state index contributed by atoms with van der Waals surface area (Å²) in [6, 6.07) is 5.02. The van der Waals surface area contributed by atoms with Gasteiger partial charge in [0.15, 0.2) is 5.69 Å². The van der Waals surface area contributed by atoms with Crippen LogP contribution in [0.25, 0.3) is 16.1 Å². The van der Waals surface area contributed by atoms with Crippen LogP contribution < -0.4 is 0 Å². The first-order valence-corrected chi connectivity index (χ1v) is 8.88. The Morgan fingerprint density at radius 2 is 2.23 bits per heavy atom. The van der Waals surface area contributed by atoms with E-state index in [2.05, 4.69) is 14.8 Å². The SMILES string of the molecule is [C-]#[N+]c1cc(Cl)ccc1-c1cnc([C@@H]2CCCN2C(=O)OC(C)(C)C)[nH]1. The number of nitrogens with zero attached hydrogens (tertiary/aromatic N) is 3. The number of hydrogen-bond donors (Lipinski definition) is 1. The summed E-state index contributed by atoms with van der Waals surface area (Å²) in [7, 11) is 0. The first-order chi connectivity index (χ1) is 12.3. The fraction of sp³-hybridized carbons (Fsp3) is 0.421. The molecule has 1 atom stereocenters. The van der Waals surface area contributed by atoms with Crippen LogP contribution in [0.5, 0.6) is 0 Å². The monoisotopic (exact) mass is 372 g/mol. The highest BCUT2D eigenvalue weighted by molar-refractivity contribution is 6.31. The molecule has 2 heterocycles. The molecule has 2 aromatic rings. The van der Waals surface area contributed by atoms with Gasteiger partial charge in [-0.3, -0.25) is 4.90 Å². The second kappa shape index (κ2) is 7.00. The minimum atomic E-state index is -0.535. The largest absolute Gasteiger partial charge is 0.444 e. The van der Waals surface area contributed by atoms with E-state index in [9.17, 15) is 4.79 Å². The third-order valence-corrected chi connectivity index (χ3v) is 4.40. The molecule has 0 radical (unpaired) electrons. The van der Waals surface area contributed by atoms with Crippen LogP contribution in [0.15, 0.2) is 24.4 Å². The molecule has 136 valence electrons. The molecule has 6 nitrogen and oxygen atoms in total. The Hall–Kier alpha value is -2.52. The maximum Gasteiger partial charge on any atom is 0.410 e. The van der Waals surface area contributed by atoms with Crippen molar-refractivity contribution in [3.8, 4) is 11.3 Å². The summed E-state index contributed by atoms with van der Waals surface area (Å²) < 4.78 is 5.51. The Labute approximate surface area is 158 Å². The summed E-state index contributed by atoms with van der Waals surface area (Å²) in [6.45, 7) is 13.5. The van der Waals surface area contributed by atoms with Crippen LogP contribution in [0.2, 0.25) is 5.02 Å². The lowest BCUT2D eigenvalue weighted by Crippen LogP contribution is -2.36. The van der Waals surface area contributed by atoms with Crippen molar-refractivity contribution in [2.24, 2.45) is 0 Å². The molecule has 7 heteroatoms. The average Bonchev–Trinajstić information content (AvgIpc) is 3.21. The van der Waals surface area contributed by atoms with Gasteiger partial charge in [0.2, 0.25) is 0 Å². The lowest BCUT2D eigenvalue weighted by Gasteiger charge is -2.27. The Kier molecular flexibility index (Phi) is 4.92. The van der Waals surface area contributed by atoms with Crippen molar-refractivity contribution < 1.29 is 9.53 Å². The van der Waals surface area contributed by atoms with E-state index in [0.29, 0.717) is 23.1 Å². The van der Waals surface area contributed by atoms with E-state index in [4.69, 9.17) is 22.9 Å². The zero-order chi connectivity index (χ0) is 18.9. The number of benzene rings is 1. The van der Waals surface area contributed by atoms with Crippen molar-refractivity contribution in [1.29, 1.82) is 0 Å². The molecular weight excluding hydrogens is 352 g/mol. The number of halogens is 1. The summed E-state index contributed by atoms with van der Waals surface area (Å²) in [5.74, 6) is 0.703. The molecule has 0 aliphatic carbocycles. The molecule has 1 saturated heterocycles. The van der Waals surface area contributed by atoms with Gasteiger partial charge < -0.3 is 9.72 Å². The number of carbonyl (C=O) groups is 1. The fourth-order valence-electron chi connectivity index (χ4n) is 3.06. The number of carbonyl (C=O) groups excluding carboxylic acids is 1. The number of H-pyrrole nitrogens is 1. The van der Waals surface area contributed by atoms with Gasteiger partial charge in [-0.2, -0.15) is 0 Å². The smallest absolute Gasteiger partial charge is 0.410 e. The van der Waals surface area contributed by atoms with Crippen LogP contribution in [0, 0.1) is 6.57 Å². The number of likely N-dealkylation sites (tertiary alicyclic amines) is 1. The van der Waals surface area contributed by atoms with E-state index in [0.717, 1.165) is 24.1 Å². The van der Waals surface area contributed by atoms with Crippen molar-refractivity contribution >= 4 is 23.4 Å². The number of aromatic nitrogens is 2. The Morgan fingerprint density at radius 3 is 2.92 bits per heavy atom. The molecule has 0 bridgehead atoms. The third kappa shape index (κ3) is 3.83. The quantitative estimate of drug-likeness (QED) is 0.722. The maximum absolute atomic E-state index is 12.5. The van der Waals surface area contributed by atoms with Crippen LogP contribution in [0.3, 0.4) is 0 Å². The average molecular weight is 373 g/mol. The first kappa shape index (κ1) is 18.3. The standard InChI is InChI=1S/C19H21ClN4O2/c1-19(2,3)26-18(25)24-9-5-6-16(24)17-22-11-15(23-17)13-8-7-12(20)10-14(13)21-4/h7-8,10-11,16H,5-6,9H2,1-3H3,(H,22,23)/t16-/m0/s1. The van der Waals surface area contributed by atoms with Gasteiger partial charge in [-0.15, -0.1) is 0 Å². The molecule has 26 heavy (non-hydrogen) atoms. The molecule has 0 spiro atoms. The van der Waals surface area contributed by atoms with Gasteiger partial charge in [-0.1, -0.05) is 17.7 Å². The highest BCUT2D eigenvalue weighted by atomic mass is 35.5. The minimum Gasteiger partial charge on any atom is -0.444 e. The summed E-state index contributed by atoms with van der Waals surface area (Å²) in [6.07, 6.45) is 3.08. The predicted octanol–water partition coefficient (Wildman–Crippen LogP) is 5.35. The van der Waals surface area contributed by atoms with Gasteiger partial charge in [0, 0.05) is 17.1 Å². The van der Waals surface area contributed by atoms with Crippen LogP contribution in [-0.4, -0.2) is 33.1 Å². The predicted molar refractivity (Wildman–Crippen MR) is 100 cm³/mol. The Morgan fingerprint density at radius 1 is 1.46 bits per heavy atom. The number of rotatable bonds is 2. The molecule has 1 aromatic carbocycles.